The van der Waals surface area contributed by atoms with Crippen LogP contribution in [0.4, 0.5) is 0 Å². The number of methoxy groups -OCH3 is 3. The van der Waals surface area contributed by atoms with Crippen molar-refractivity contribution >= 4 is 29.0 Å². The van der Waals surface area contributed by atoms with E-state index in [2.05, 4.69) is 4.98 Å². The summed E-state index contributed by atoms with van der Waals surface area (Å²) in [6.07, 6.45) is 3.60. The van der Waals surface area contributed by atoms with Crippen LogP contribution in [0.2, 0.25) is 0 Å². The van der Waals surface area contributed by atoms with Crippen molar-refractivity contribution in [3.8, 4) is 17.2 Å². The zero-order valence-corrected chi connectivity index (χ0v) is 15.2. The summed E-state index contributed by atoms with van der Waals surface area (Å²) in [5.41, 5.74) is 2.18. The summed E-state index contributed by atoms with van der Waals surface area (Å²) >= 11 is 0. The summed E-state index contributed by atoms with van der Waals surface area (Å²) < 4.78 is 15.7. The molecule has 3 rings (SSSR count). The first-order valence-corrected chi connectivity index (χ1v) is 8.18. The molecule has 3 aromatic rings. The molecule has 0 saturated heterocycles. The predicted octanol–water partition coefficient (Wildman–Crippen LogP) is 4.13. The largest absolute Gasteiger partial charge is 0.497 e. The molecule has 0 bridgehead atoms. The summed E-state index contributed by atoms with van der Waals surface area (Å²) in [7, 11) is 4.69. The molecule has 0 aliphatic carbocycles. The third kappa shape index (κ3) is 3.84. The van der Waals surface area contributed by atoms with Gasteiger partial charge < -0.3 is 19.3 Å². The quantitative estimate of drug-likeness (QED) is 0.708. The van der Waals surface area contributed by atoms with E-state index in [9.17, 15) is 9.90 Å². The van der Waals surface area contributed by atoms with Gasteiger partial charge in [0.15, 0.2) is 11.5 Å². The van der Waals surface area contributed by atoms with Gasteiger partial charge in [-0.1, -0.05) is 12.1 Å². The Morgan fingerprint density at radius 3 is 2.37 bits per heavy atom. The second-order valence-corrected chi connectivity index (χ2v) is 5.73. The molecule has 1 aromatic heterocycles. The molecular formula is C21H19NO5. The third-order valence-corrected chi connectivity index (χ3v) is 4.12. The first-order chi connectivity index (χ1) is 13.0. The summed E-state index contributed by atoms with van der Waals surface area (Å²) in [5, 5.41) is 10.1. The van der Waals surface area contributed by atoms with Crippen LogP contribution in [0.1, 0.15) is 21.6 Å². The number of nitrogens with zero attached hydrogens (tertiary/aromatic N) is 1. The average molecular weight is 365 g/mol. The summed E-state index contributed by atoms with van der Waals surface area (Å²) in [5.74, 6) is 0.821. The minimum Gasteiger partial charge on any atom is -0.497 e. The number of aromatic nitrogens is 1. The van der Waals surface area contributed by atoms with Crippen molar-refractivity contribution in [2.75, 3.05) is 21.3 Å². The average Bonchev–Trinajstić information content (AvgIpc) is 2.70. The maximum absolute atomic E-state index is 11.7. The highest BCUT2D eigenvalue weighted by Crippen LogP contribution is 2.29. The van der Waals surface area contributed by atoms with Crippen molar-refractivity contribution in [1.82, 2.24) is 4.98 Å². The highest BCUT2D eigenvalue weighted by atomic mass is 16.5. The normalized spacial score (nSPS) is 10.9. The van der Waals surface area contributed by atoms with Crippen LogP contribution in [-0.2, 0) is 0 Å². The number of carbonyl (C=O) groups is 1. The molecule has 0 saturated carbocycles. The van der Waals surface area contributed by atoms with Gasteiger partial charge in [-0.3, -0.25) is 0 Å². The topological polar surface area (TPSA) is 77.9 Å². The smallest absolute Gasteiger partial charge is 0.336 e. The Kier molecular flexibility index (Phi) is 5.26. The lowest BCUT2D eigenvalue weighted by atomic mass is 10.1. The first-order valence-electron chi connectivity index (χ1n) is 8.18. The maximum Gasteiger partial charge on any atom is 0.336 e. The van der Waals surface area contributed by atoms with Crippen LogP contribution in [0, 0.1) is 0 Å². The highest BCUT2D eigenvalue weighted by molar-refractivity contribution is 6.03. The van der Waals surface area contributed by atoms with Crippen molar-refractivity contribution in [1.29, 1.82) is 0 Å². The van der Waals surface area contributed by atoms with Gasteiger partial charge in [-0.05, 0) is 48.0 Å². The van der Waals surface area contributed by atoms with E-state index in [1.54, 1.807) is 50.6 Å². The number of carboxylic acids is 1. The van der Waals surface area contributed by atoms with Gasteiger partial charge >= 0.3 is 5.97 Å². The molecule has 27 heavy (non-hydrogen) atoms. The maximum atomic E-state index is 11.7. The van der Waals surface area contributed by atoms with E-state index in [0.29, 0.717) is 33.8 Å². The van der Waals surface area contributed by atoms with E-state index in [-0.39, 0.29) is 5.56 Å². The Balaban J connectivity index is 2.02. The molecule has 6 heteroatoms. The minimum absolute atomic E-state index is 0.172. The number of ether oxygens (including phenoxy) is 3. The van der Waals surface area contributed by atoms with Crippen LogP contribution in [0.25, 0.3) is 23.1 Å². The van der Waals surface area contributed by atoms with Crippen LogP contribution in [0.3, 0.4) is 0 Å². The van der Waals surface area contributed by atoms with E-state index in [1.807, 2.05) is 18.2 Å². The highest BCUT2D eigenvalue weighted by Gasteiger charge is 2.12. The van der Waals surface area contributed by atoms with Crippen molar-refractivity contribution in [2.45, 2.75) is 0 Å². The molecule has 0 atom stereocenters. The molecule has 2 aromatic carbocycles. The van der Waals surface area contributed by atoms with Gasteiger partial charge in [-0.25, -0.2) is 9.78 Å². The predicted molar refractivity (Wildman–Crippen MR) is 104 cm³/mol. The van der Waals surface area contributed by atoms with Crippen molar-refractivity contribution in [3.05, 3.63) is 59.3 Å². The summed E-state index contributed by atoms with van der Waals surface area (Å²) in [6.45, 7) is 0. The molecule has 0 aliphatic rings. The van der Waals surface area contributed by atoms with E-state index in [0.717, 1.165) is 5.56 Å². The Morgan fingerprint density at radius 2 is 1.70 bits per heavy atom. The molecule has 138 valence electrons. The van der Waals surface area contributed by atoms with Crippen molar-refractivity contribution in [3.63, 3.8) is 0 Å². The molecule has 6 nitrogen and oxygen atoms in total. The molecule has 0 amide bonds. The Labute approximate surface area is 156 Å². The van der Waals surface area contributed by atoms with E-state index < -0.39 is 5.97 Å². The first kappa shape index (κ1) is 18.3. The lowest BCUT2D eigenvalue weighted by molar-refractivity contribution is 0.0699. The lowest BCUT2D eigenvalue weighted by Gasteiger charge is -2.08. The number of hydrogen-bond acceptors (Lipinski definition) is 5. The number of aromatic carboxylic acids is 1. The number of benzene rings is 2. The van der Waals surface area contributed by atoms with Crippen LogP contribution in [-0.4, -0.2) is 37.4 Å². The fourth-order valence-electron chi connectivity index (χ4n) is 2.75. The van der Waals surface area contributed by atoms with Crippen molar-refractivity contribution < 1.29 is 24.1 Å². The van der Waals surface area contributed by atoms with Crippen LogP contribution < -0.4 is 14.2 Å². The number of rotatable bonds is 6. The molecule has 0 unspecified atom stereocenters. The van der Waals surface area contributed by atoms with E-state index in [1.165, 1.54) is 7.11 Å². The van der Waals surface area contributed by atoms with Gasteiger partial charge in [0.25, 0.3) is 0 Å². The van der Waals surface area contributed by atoms with E-state index >= 15 is 0 Å². The molecular weight excluding hydrogens is 346 g/mol. The molecule has 1 N–H and O–H groups in total. The molecule has 0 spiro atoms. The van der Waals surface area contributed by atoms with E-state index in [4.69, 9.17) is 14.2 Å². The monoisotopic (exact) mass is 365 g/mol. The molecule has 1 heterocycles. The summed E-state index contributed by atoms with van der Waals surface area (Å²) in [6, 6.07) is 12.2. The zero-order chi connectivity index (χ0) is 19.4. The second-order valence-electron chi connectivity index (χ2n) is 5.73. The molecule has 0 fully saturated rings. The Morgan fingerprint density at radius 1 is 0.926 bits per heavy atom. The van der Waals surface area contributed by atoms with Gasteiger partial charge in [0.1, 0.15) is 5.75 Å². The number of pyridine rings is 1. The minimum atomic E-state index is -1.02. The zero-order valence-electron chi connectivity index (χ0n) is 15.2. The third-order valence-electron chi connectivity index (χ3n) is 4.12. The fourth-order valence-corrected chi connectivity index (χ4v) is 2.75. The van der Waals surface area contributed by atoms with Gasteiger partial charge in [0, 0.05) is 5.39 Å². The fraction of sp³-hybridized carbons (Fsp3) is 0.143. The van der Waals surface area contributed by atoms with Gasteiger partial charge in [-0.15, -0.1) is 0 Å². The van der Waals surface area contributed by atoms with Crippen LogP contribution >= 0.6 is 0 Å². The number of carboxylic acid groups (broad SMARTS) is 1. The standard InChI is InChI=1S/C21H19NO5/c1-25-15-7-8-18-16(12-15)17(21(23)24)11-14(22-18)6-4-13-5-9-19(26-2)20(10-13)27-3/h4-12H,1-3H3,(H,23,24)/b6-4+. The van der Waals surface area contributed by atoms with Crippen molar-refractivity contribution in [2.24, 2.45) is 0 Å². The van der Waals surface area contributed by atoms with Crippen LogP contribution in [0.15, 0.2) is 42.5 Å². The van der Waals surface area contributed by atoms with Gasteiger partial charge in [0.2, 0.25) is 0 Å². The number of hydrogen-bond donors (Lipinski definition) is 1. The SMILES string of the molecule is COc1ccc2nc(/C=C/c3ccc(OC)c(OC)c3)cc(C(=O)O)c2c1. The lowest BCUT2D eigenvalue weighted by Crippen LogP contribution is -2.00. The Bertz CT molecular complexity index is 1030. The Hall–Kier alpha value is -3.54. The van der Waals surface area contributed by atoms with Gasteiger partial charge in [-0.2, -0.15) is 0 Å². The summed E-state index contributed by atoms with van der Waals surface area (Å²) in [4.78, 5) is 16.2. The second kappa shape index (κ2) is 7.78. The van der Waals surface area contributed by atoms with Crippen LogP contribution in [0.5, 0.6) is 17.2 Å². The number of fused-ring (bicyclic) bond motifs is 1. The molecule has 0 aliphatic heterocycles. The van der Waals surface area contributed by atoms with Gasteiger partial charge in [0.05, 0.1) is 38.1 Å². The molecule has 0 radical (unpaired) electrons.